The van der Waals surface area contributed by atoms with Gasteiger partial charge in [0.15, 0.2) is 11.6 Å². The molecule has 2 heterocycles. The number of halogens is 4. The van der Waals surface area contributed by atoms with Crippen molar-refractivity contribution in [2.45, 2.75) is 12.5 Å². The van der Waals surface area contributed by atoms with Gasteiger partial charge >= 0.3 is 6.09 Å². The van der Waals surface area contributed by atoms with Crippen molar-refractivity contribution < 1.29 is 36.9 Å². The van der Waals surface area contributed by atoms with E-state index in [9.17, 15) is 23.7 Å². The van der Waals surface area contributed by atoms with Crippen molar-refractivity contribution in [3.05, 3.63) is 58.1 Å². The number of carbonyl (C=O) groups is 1. The van der Waals surface area contributed by atoms with E-state index in [0.29, 0.717) is 5.69 Å². The van der Waals surface area contributed by atoms with E-state index < -0.39 is 40.2 Å². The van der Waals surface area contributed by atoms with Crippen molar-refractivity contribution in [3.63, 3.8) is 0 Å². The summed E-state index contributed by atoms with van der Waals surface area (Å²) in [4.78, 5) is 30.0. The van der Waals surface area contributed by atoms with Gasteiger partial charge in [0.1, 0.15) is 16.8 Å². The van der Waals surface area contributed by atoms with Crippen LogP contribution in [0.4, 0.5) is 45.1 Å². The van der Waals surface area contributed by atoms with Crippen LogP contribution in [0.1, 0.15) is 0 Å². The van der Waals surface area contributed by atoms with Crippen LogP contribution in [0.3, 0.4) is 0 Å². The minimum absolute atomic E-state index is 0.0782. The fourth-order valence-electron chi connectivity index (χ4n) is 3.96. The van der Waals surface area contributed by atoms with E-state index in [1.807, 2.05) is 0 Å². The summed E-state index contributed by atoms with van der Waals surface area (Å²) < 4.78 is 60.3. The molecule has 2 fully saturated rings. The SMILES string of the molecule is O=C1OC(CNC(=S)C(F)F)CN1c1cc(F)c(N2CCON(c3ccc([N+](=O)[O-])cc3)CC2)c(F)c1. The second-order valence-corrected chi connectivity index (χ2v) is 8.56. The number of nitrogens with one attached hydrogen (secondary N) is 1. The number of nitrogens with zero attached hydrogens (tertiary/aromatic N) is 4. The van der Waals surface area contributed by atoms with E-state index in [-0.39, 0.29) is 56.4 Å². The van der Waals surface area contributed by atoms with Gasteiger partial charge in [-0.25, -0.2) is 22.4 Å². The monoisotopic (exact) mass is 543 g/mol. The van der Waals surface area contributed by atoms with Gasteiger partial charge < -0.3 is 15.0 Å². The molecule has 0 bridgehead atoms. The van der Waals surface area contributed by atoms with Gasteiger partial charge in [0, 0.05) is 37.4 Å². The molecule has 0 aromatic heterocycles. The van der Waals surface area contributed by atoms with Crippen LogP contribution in [-0.4, -0.2) is 67.9 Å². The zero-order valence-corrected chi connectivity index (χ0v) is 19.9. The van der Waals surface area contributed by atoms with Crippen molar-refractivity contribution >= 4 is 46.0 Å². The highest BCUT2D eigenvalue weighted by atomic mass is 32.1. The van der Waals surface area contributed by atoms with E-state index in [1.54, 1.807) is 0 Å². The van der Waals surface area contributed by atoms with Gasteiger partial charge in [-0.2, -0.15) is 0 Å². The molecule has 0 aliphatic carbocycles. The normalized spacial score (nSPS) is 18.1. The Balaban J connectivity index is 1.43. The third kappa shape index (κ3) is 5.99. The molecule has 0 radical (unpaired) electrons. The van der Waals surface area contributed by atoms with Crippen LogP contribution in [0.15, 0.2) is 36.4 Å². The Labute approximate surface area is 213 Å². The highest BCUT2D eigenvalue weighted by Gasteiger charge is 2.34. The predicted molar refractivity (Wildman–Crippen MR) is 129 cm³/mol. The molecule has 2 aromatic carbocycles. The summed E-state index contributed by atoms with van der Waals surface area (Å²) in [5.74, 6) is -1.82. The van der Waals surface area contributed by atoms with Crippen molar-refractivity contribution in [1.29, 1.82) is 0 Å². The maximum absolute atomic E-state index is 15.1. The molecule has 15 heteroatoms. The molecule has 1 N–H and O–H groups in total. The highest BCUT2D eigenvalue weighted by Crippen LogP contribution is 2.32. The molecule has 2 aliphatic rings. The Morgan fingerprint density at radius 1 is 1.14 bits per heavy atom. The largest absolute Gasteiger partial charge is 0.442 e. The minimum atomic E-state index is -2.86. The summed E-state index contributed by atoms with van der Waals surface area (Å²) in [5.41, 5.74) is 0.0902. The number of hydrogen-bond acceptors (Lipinski definition) is 8. The fraction of sp³-hybridized carbons (Fsp3) is 0.364. The molecule has 4 rings (SSSR count). The number of nitro benzene ring substituents is 1. The topological polar surface area (TPSA) is 100 Å². The maximum atomic E-state index is 15.1. The summed E-state index contributed by atoms with van der Waals surface area (Å²) in [5, 5.41) is 14.6. The summed E-state index contributed by atoms with van der Waals surface area (Å²) in [6, 6.07) is 7.69. The molecule has 37 heavy (non-hydrogen) atoms. The Morgan fingerprint density at radius 3 is 2.43 bits per heavy atom. The van der Waals surface area contributed by atoms with Gasteiger partial charge in [0.25, 0.3) is 12.1 Å². The molecule has 2 saturated heterocycles. The Morgan fingerprint density at radius 2 is 1.81 bits per heavy atom. The van der Waals surface area contributed by atoms with Crippen molar-refractivity contribution in [2.75, 3.05) is 54.2 Å². The van der Waals surface area contributed by atoms with Crippen LogP contribution >= 0.6 is 12.2 Å². The van der Waals surface area contributed by atoms with Crippen LogP contribution in [0.25, 0.3) is 0 Å². The number of carbonyl (C=O) groups excluding carboxylic acids is 1. The van der Waals surface area contributed by atoms with Crippen LogP contribution < -0.4 is 20.2 Å². The molecule has 10 nitrogen and oxygen atoms in total. The van der Waals surface area contributed by atoms with E-state index in [1.165, 1.54) is 34.2 Å². The first kappa shape index (κ1) is 26.3. The van der Waals surface area contributed by atoms with E-state index in [2.05, 4.69) is 17.5 Å². The molecule has 1 atom stereocenters. The lowest BCUT2D eigenvalue weighted by Crippen LogP contribution is -2.36. The first-order chi connectivity index (χ1) is 17.6. The van der Waals surface area contributed by atoms with Crippen molar-refractivity contribution in [1.82, 2.24) is 5.32 Å². The molecule has 1 amide bonds. The number of rotatable bonds is 7. The summed E-state index contributed by atoms with van der Waals surface area (Å²) in [6.45, 7) is 0.344. The first-order valence-corrected chi connectivity index (χ1v) is 11.5. The highest BCUT2D eigenvalue weighted by molar-refractivity contribution is 7.80. The summed E-state index contributed by atoms with van der Waals surface area (Å²) >= 11 is 4.48. The third-order valence-corrected chi connectivity index (χ3v) is 6.06. The fourth-order valence-corrected chi connectivity index (χ4v) is 4.04. The van der Waals surface area contributed by atoms with E-state index in [0.717, 1.165) is 17.0 Å². The molecule has 2 aliphatic heterocycles. The molecular formula is C22H21F4N5O5S. The van der Waals surface area contributed by atoms with Gasteiger partial charge in [-0.1, -0.05) is 12.2 Å². The number of non-ortho nitro benzene ring substituents is 1. The maximum Gasteiger partial charge on any atom is 0.414 e. The standard InChI is InChI=1S/C22H21F4N5O5S/c23-17-9-15(29-12-16(36-22(29)32)11-27-21(37)20(25)26)10-18(24)19(17)28-5-6-30(35-8-7-28)13-1-3-14(4-2-13)31(33)34/h1-4,9-10,16,20H,5-8,11-12H2,(H,27,37). The number of benzene rings is 2. The minimum Gasteiger partial charge on any atom is -0.442 e. The van der Waals surface area contributed by atoms with Gasteiger partial charge in [-0.3, -0.25) is 24.9 Å². The quantitative estimate of drug-likeness (QED) is 0.243. The smallest absolute Gasteiger partial charge is 0.414 e. The molecule has 0 spiro atoms. The zero-order valence-electron chi connectivity index (χ0n) is 19.1. The number of nitro groups is 1. The number of amides is 1. The van der Waals surface area contributed by atoms with Gasteiger partial charge in [0.2, 0.25) is 0 Å². The molecule has 198 valence electrons. The number of hydrogen-bond donors (Lipinski definition) is 1. The van der Waals surface area contributed by atoms with E-state index >= 15 is 8.78 Å². The number of anilines is 3. The number of ether oxygens (including phenoxy) is 1. The predicted octanol–water partition coefficient (Wildman–Crippen LogP) is 3.64. The van der Waals surface area contributed by atoms with Gasteiger partial charge in [0.05, 0.1) is 42.5 Å². The lowest BCUT2D eigenvalue weighted by atomic mass is 10.2. The van der Waals surface area contributed by atoms with Crippen molar-refractivity contribution in [2.24, 2.45) is 0 Å². The Hall–Kier alpha value is -3.72. The number of hydroxylamine groups is 1. The summed E-state index contributed by atoms with van der Waals surface area (Å²) in [7, 11) is 0. The van der Waals surface area contributed by atoms with Crippen LogP contribution in [0.5, 0.6) is 0 Å². The Kier molecular flexibility index (Phi) is 7.92. The van der Waals surface area contributed by atoms with Crippen LogP contribution in [0, 0.1) is 21.7 Å². The van der Waals surface area contributed by atoms with E-state index in [4.69, 9.17) is 9.57 Å². The number of cyclic esters (lactones) is 1. The molecule has 1 unspecified atom stereocenters. The summed E-state index contributed by atoms with van der Waals surface area (Å²) in [6.07, 6.45) is -4.57. The number of alkyl halides is 2. The third-order valence-electron chi connectivity index (χ3n) is 5.74. The Bertz CT molecular complexity index is 1170. The average Bonchev–Trinajstić information content (AvgIpc) is 3.06. The first-order valence-electron chi connectivity index (χ1n) is 11.1. The second-order valence-electron chi connectivity index (χ2n) is 8.12. The van der Waals surface area contributed by atoms with Crippen LogP contribution in [0.2, 0.25) is 0 Å². The van der Waals surface area contributed by atoms with Gasteiger partial charge in [-0.05, 0) is 12.1 Å². The van der Waals surface area contributed by atoms with Crippen LogP contribution in [-0.2, 0) is 9.57 Å². The molecule has 0 saturated carbocycles. The second kappa shape index (κ2) is 11.1. The number of thiocarbonyl (C=S) groups is 1. The zero-order chi connectivity index (χ0) is 26.7. The average molecular weight is 543 g/mol. The molecular weight excluding hydrogens is 522 g/mol. The molecule has 2 aromatic rings. The van der Waals surface area contributed by atoms with Gasteiger partial charge in [-0.15, -0.1) is 0 Å². The van der Waals surface area contributed by atoms with Crippen molar-refractivity contribution in [3.8, 4) is 0 Å². The lowest BCUT2D eigenvalue weighted by Gasteiger charge is -2.25. The lowest BCUT2D eigenvalue weighted by molar-refractivity contribution is -0.384.